The molecule has 1 saturated heterocycles. The third kappa shape index (κ3) is 7.36. The van der Waals surface area contributed by atoms with Crippen LogP contribution in [0.25, 0.3) is 0 Å². The van der Waals surface area contributed by atoms with E-state index in [-0.39, 0.29) is 28.7 Å². The molecule has 1 radical (unpaired) electrons. The van der Waals surface area contributed by atoms with E-state index in [9.17, 15) is 4.79 Å². The topological polar surface area (TPSA) is 38.3 Å². The van der Waals surface area contributed by atoms with Crippen LogP contribution in [0.15, 0.2) is 18.2 Å². The van der Waals surface area contributed by atoms with E-state index in [1.165, 1.54) is 5.92 Å². The summed E-state index contributed by atoms with van der Waals surface area (Å²) in [6.45, 7) is 23.0. The Balaban J connectivity index is 0. The number of carbonyl (C=O) groups excluding carboxylic acids is 1. The number of alkyl carbamates (subject to hydrolysis) is 1. The molecule has 0 aromatic rings. The zero-order chi connectivity index (χ0) is 18.2. The van der Waals surface area contributed by atoms with Crippen molar-refractivity contribution < 1.29 is 26.6 Å². The van der Waals surface area contributed by atoms with E-state index in [0.717, 1.165) is 0 Å². The fourth-order valence-corrected chi connectivity index (χ4v) is 2.95. The van der Waals surface area contributed by atoms with Gasteiger partial charge in [-0.1, -0.05) is 67.2 Å². The first-order valence-corrected chi connectivity index (χ1v) is 8.61. The fourth-order valence-electron chi connectivity index (χ4n) is 2.95. The minimum atomic E-state index is -0.280. The SMILES string of the molecule is CC(C)C1(C(C)C)COC(=O)N1.[CH-]=CC=C[C-](C(C)C)C(C)C.[Mn+2]. The average molecular weight is 376 g/mol. The van der Waals surface area contributed by atoms with Crippen LogP contribution >= 0.6 is 0 Å². The molecule has 1 N–H and O–H groups in total. The van der Waals surface area contributed by atoms with E-state index in [0.29, 0.717) is 30.3 Å². The van der Waals surface area contributed by atoms with Crippen LogP contribution in [0.1, 0.15) is 55.4 Å². The quantitative estimate of drug-likeness (QED) is 0.393. The van der Waals surface area contributed by atoms with Crippen molar-refractivity contribution in [3.8, 4) is 0 Å². The first-order valence-electron chi connectivity index (χ1n) is 8.61. The van der Waals surface area contributed by atoms with Gasteiger partial charge in [-0.3, -0.25) is 6.58 Å². The zero-order valence-electron chi connectivity index (χ0n) is 16.5. The van der Waals surface area contributed by atoms with Gasteiger partial charge in [-0.2, -0.15) is 0 Å². The van der Waals surface area contributed by atoms with Gasteiger partial charge in [0.25, 0.3) is 0 Å². The molecule has 1 rings (SSSR count). The molecule has 1 fully saturated rings. The molecule has 1 heterocycles. The van der Waals surface area contributed by atoms with Crippen molar-refractivity contribution in [2.75, 3.05) is 6.61 Å². The first kappa shape index (κ1) is 25.4. The number of nitrogens with one attached hydrogen (secondary N) is 1. The largest absolute Gasteiger partial charge is 2.00 e. The second-order valence-corrected chi connectivity index (χ2v) is 7.41. The second kappa shape index (κ2) is 11.7. The molecule has 0 saturated carbocycles. The summed E-state index contributed by atoms with van der Waals surface area (Å²) in [5, 5.41) is 2.91. The Labute approximate surface area is 160 Å². The van der Waals surface area contributed by atoms with Crippen LogP contribution in [0.4, 0.5) is 4.79 Å². The Bertz CT molecular complexity index is 384. The Hall–Kier alpha value is -0.861. The van der Waals surface area contributed by atoms with Gasteiger partial charge in [0.1, 0.15) is 6.61 Å². The number of amides is 1. The predicted octanol–water partition coefficient (Wildman–Crippen LogP) is 5.19. The molecule has 0 aromatic heterocycles. The van der Waals surface area contributed by atoms with Gasteiger partial charge < -0.3 is 10.1 Å². The Morgan fingerprint density at radius 2 is 1.54 bits per heavy atom. The summed E-state index contributed by atoms with van der Waals surface area (Å²) in [6, 6.07) is 0. The standard InChI is InChI=1S/C11H18.C9H17NO2.Mn/c1-6-7-8-11(9(2)3)10(4)5;1-6(2)9(7(3)4)5-12-8(11)10-9;/h1,6-10H,2-5H3;6-7H,5H2,1-4H3,(H,10,11);/q-2;;+2. The van der Waals surface area contributed by atoms with E-state index in [1.54, 1.807) is 6.08 Å². The van der Waals surface area contributed by atoms with Crippen LogP contribution < -0.4 is 5.32 Å². The molecule has 1 aliphatic rings. The van der Waals surface area contributed by atoms with E-state index in [2.05, 4.69) is 66.8 Å². The van der Waals surface area contributed by atoms with Gasteiger partial charge in [0, 0.05) is 0 Å². The molecule has 1 amide bonds. The summed E-state index contributed by atoms with van der Waals surface area (Å²) in [7, 11) is 0. The monoisotopic (exact) mass is 376 g/mol. The van der Waals surface area contributed by atoms with E-state index < -0.39 is 0 Å². The summed E-state index contributed by atoms with van der Waals surface area (Å²) in [5.41, 5.74) is -0.156. The van der Waals surface area contributed by atoms with Crippen molar-refractivity contribution in [2.45, 2.75) is 60.9 Å². The van der Waals surface area contributed by atoms with E-state index in [4.69, 9.17) is 11.3 Å². The molecule has 139 valence electrons. The van der Waals surface area contributed by atoms with Crippen molar-refractivity contribution in [3.05, 3.63) is 30.7 Å². The average Bonchev–Trinajstić information content (AvgIpc) is 2.83. The fraction of sp³-hybridized carbons (Fsp3) is 0.700. The number of carbonyl (C=O) groups is 1. The molecule has 0 aliphatic carbocycles. The maximum atomic E-state index is 10.9. The van der Waals surface area contributed by atoms with Crippen LogP contribution in [-0.4, -0.2) is 18.2 Å². The van der Waals surface area contributed by atoms with Gasteiger partial charge in [0.05, 0.1) is 5.54 Å². The van der Waals surface area contributed by atoms with Crippen LogP contribution in [0.5, 0.6) is 0 Å². The van der Waals surface area contributed by atoms with Gasteiger partial charge in [-0.25, -0.2) is 28.9 Å². The van der Waals surface area contributed by atoms with Crippen LogP contribution in [0, 0.1) is 36.2 Å². The minimum absolute atomic E-state index is 0. The number of hydrogen-bond donors (Lipinski definition) is 1. The molecule has 0 bridgehead atoms. The second-order valence-electron chi connectivity index (χ2n) is 7.41. The van der Waals surface area contributed by atoms with Crippen molar-refractivity contribution in [3.63, 3.8) is 0 Å². The third-order valence-electron chi connectivity index (χ3n) is 4.57. The van der Waals surface area contributed by atoms with Gasteiger partial charge >= 0.3 is 23.2 Å². The Morgan fingerprint density at radius 1 is 1.08 bits per heavy atom. The van der Waals surface area contributed by atoms with Gasteiger partial charge in [-0.05, 0) is 11.8 Å². The summed E-state index contributed by atoms with van der Waals surface area (Å²) in [6.07, 6.45) is 5.30. The molecule has 3 nitrogen and oxygen atoms in total. The molecule has 24 heavy (non-hydrogen) atoms. The molecule has 1 aliphatic heterocycles. The zero-order valence-corrected chi connectivity index (χ0v) is 17.7. The number of ether oxygens (including phenoxy) is 1. The van der Waals surface area contributed by atoms with Crippen LogP contribution in [0.2, 0.25) is 0 Å². The summed E-state index contributed by atoms with van der Waals surface area (Å²) < 4.78 is 4.94. The molecule has 0 unspecified atom stereocenters. The van der Waals surface area contributed by atoms with Crippen molar-refractivity contribution >= 4 is 6.09 Å². The molecular weight excluding hydrogens is 341 g/mol. The van der Waals surface area contributed by atoms with E-state index >= 15 is 0 Å². The van der Waals surface area contributed by atoms with Crippen LogP contribution in [-0.2, 0) is 21.8 Å². The van der Waals surface area contributed by atoms with Gasteiger partial charge in [0.15, 0.2) is 0 Å². The smallest absolute Gasteiger partial charge is 0.447 e. The Morgan fingerprint density at radius 3 is 1.75 bits per heavy atom. The molecule has 0 atom stereocenters. The predicted molar refractivity (Wildman–Crippen MR) is 97.8 cm³/mol. The van der Waals surface area contributed by atoms with Crippen molar-refractivity contribution in [1.29, 1.82) is 0 Å². The van der Waals surface area contributed by atoms with Gasteiger partial charge in [0.2, 0.25) is 0 Å². The van der Waals surface area contributed by atoms with Crippen molar-refractivity contribution in [1.82, 2.24) is 5.32 Å². The third-order valence-corrected chi connectivity index (χ3v) is 4.57. The molecular formula is C20H35MnNO2. The summed E-state index contributed by atoms with van der Waals surface area (Å²) in [5.74, 6) is 3.50. The number of hydrogen-bond acceptors (Lipinski definition) is 2. The normalized spacial score (nSPS) is 15.9. The molecule has 0 aromatic carbocycles. The number of rotatable bonds is 6. The van der Waals surface area contributed by atoms with Crippen molar-refractivity contribution in [2.24, 2.45) is 23.7 Å². The minimum Gasteiger partial charge on any atom is -0.447 e. The van der Waals surface area contributed by atoms with Crippen LogP contribution in [0.3, 0.4) is 0 Å². The van der Waals surface area contributed by atoms with E-state index in [1.807, 2.05) is 6.08 Å². The number of cyclic esters (lactones) is 1. The Kier molecular flexibility index (Phi) is 12.3. The van der Waals surface area contributed by atoms with Gasteiger partial charge in [-0.15, -0.1) is 0 Å². The first-order chi connectivity index (χ1) is 10.6. The maximum Gasteiger partial charge on any atom is 2.00 e. The molecule has 0 spiro atoms. The number of allylic oxidation sites excluding steroid dienone is 3. The maximum absolute atomic E-state index is 10.9. The molecule has 4 heteroatoms. The summed E-state index contributed by atoms with van der Waals surface area (Å²) >= 11 is 0. The summed E-state index contributed by atoms with van der Waals surface area (Å²) in [4.78, 5) is 10.9.